The fourth-order valence-corrected chi connectivity index (χ4v) is 2.64. The Morgan fingerprint density at radius 3 is 2.93 bits per heavy atom. The first-order valence-corrected chi connectivity index (χ1v) is 5.85. The van der Waals surface area contributed by atoms with E-state index in [9.17, 15) is 0 Å². The molecule has 0 spiro atoms. The number of nitrogens with one attached hydrogen (secondary N) is 1. The molecular formula is C11H14ClNS. The molecule has 14 heavy (non-hydrogen) atoms. The molecule has 0 aliphatic heterocycles. The van der Waals surface area contributed by atoms with Crippen molar-refractivity contribution in [1.29, 1.82) is 0 Å². The van der Waals surface area contributed by atoms with Crippen LogP contribution in [0.15, 0.2) is 11.4 Å². The van der Waals surface area contributed by atoms with E-state index in [2.05, 4.69) is 17.2 Å². The predicted molar refractivity (Wildman–Crippen MR) is 63.8 cm³/mol. The van der Waals surface area contributed by atoms with Gasteiger partial charge in [-0.15, -0.1) is 23.2 Å². The lowest BCUT2D eigenvalue weighted by atomic mass is 10.1. The van der Waals surface area contributed by atoms with E-state index in [-0.39, 0.29) is 0 Å². The van der Waals surface area contributed by atoms with E-state index in [1.807, 2.05) is 25.4 Å². The second-order valence-electron chi connectivity index (χ2n) is 2.94. The third-order valence-electron chi connectivity index (χ3n) is 2.04. The van der Waals surface area contributed by atoms with Crippen LogP contribution in [0.1, 0.15) is 30.7 Å². The zero-order chi connectivity index (χ0) is 10.4. The minimum Gasteiger partial charge on any atom is -0.312 e. The Labute approximate surface area is 94.5 Å². The van der Waals surface area contributed by atoms with Crippen LogP contribution in [-0.2, 0) is 0 Å². The molecule has 1 atom stereocenters. The summed E-state index contributed by atoms with van der Waals surface area (Å²) in [5.41, 5.74) is 0. The summed E-state index contributed by atoms with van der Waals surface area (Å²) >= 11 is 7.76. The summed E-state index contributed by atoms with van der Waals surface area (Å²) in [7, 11) is 1.96. The predicted octanol–water partition coefficient (Wildman–Crippen LogP) is 3.47. The largest absolute Gasteiger partial charge is 0.312 e. The van der Waals surface area contributed by atoms with Crippen LogP contribution in [0.5, 0.6) is 0 Å². The molecule has 0 fully saturated rings. The molecule has 1 N–H and O–H groups in total. The van der Waals surface area contributed by atoms with E-state index >= 15 is 0 Å². The summed E-state index contributed by atoms with van der Waals surface area (Å²) in [6.45, 7) is 1.87. The van der Waals surface area contributed by atoms with E-state index in [0.29, 0.717) is 6.04 Å². The lowest BCUT2D eigenvalue weighted by molar-refractivity contribution is 0.567. The summed E-state index contributed by atoms with van der Waals surface area (Å²) in [6.07, 6.45) is 1.92. The summed E-state index contributed by atoms with van der Waals surface area (Å²) < 4.78 is 0. The van der Waals surface area contributed by atoms with Gasteiger partial charge in [-0.2, -0.15) is 0 Å². The van der Waals surface area contributed by atoms with Gasteiger partial charge < -0.3 is 5.32 Å². The van der Waals surface area contributed by atoms with Gasteiger partial charge in [-0.3, -0.25) is 0 Å². The van der Waals surface area contributed by atoms with Gasteiger partial charge in [0.05, 0.1) is 5.02 Å². The molecule has 1 aromatic rings. The van der Waals surface area contributed by atoms with Gasteiger partial charge in [-0.05, 0) is 31.8 Å². The number of hydrogen-bond acceptors (Lipinski definition) is 2. The summed E-state index contributed by atoms with van der Waals surface area (Å²) in [5.74, 6) is 5.97. The maximum atomic E-state index is 6.06. The van der Waals surface area contributed by atoms with Gasteiger partial charge in [0.25, 0.3) is 0 Å². The fraction of sp³-hybridized carbons (Fsp3) is 0.455. The van der Waals surface area contributed by atoms with Crippen LogP contribution in [0, 0.1) is 11.8 Å². The molecule has 0 saturated heterocycles. The first-order chi connectivity index (χ1) is 6.79. The van der Waals surface area contributed by atoms with E-state index in [4.69, 9.17) is 11.6 Å². The Hall–Kier alpha value is -0.490. The minimum absolute atomic E-state index is 0.336. The summed E-state index contributed by atoms with van der Waals surface area (Å²) in [4.78, 5) is 1.21. The van der Waals surface area contributed by atoms with Gasteiger partial charge in [-0.1, -0.05) is 11.6 Å². The van der Waals surface area contributed by atoms with Crippen molar-refractivity contribution in [2.75, 3.05) is 7.05 Å². The Bertz CT molecular complexity index is 335. The molecule has 0 saturated carbocycles. The lowest BCUT2D eigenvalue weighted by Crippen LogP contribution is -2.15. The topological polar surface area (TPSA) is 12.0 Å². The number of halogens is 1. The van der Waals surface area contributed by atoms with Crippen molar-refractivity contribution in [3.8, 4) is 11.8 Å². The molecule has 3 heteroatoms. The van der Waals surface area contributed by atoms with Gasteiger partial charge in [0, 0.05) is 17.3 Å². The quantitative estimate of drug-likeness (QED) is 0.777. The Kier molecular flexibility index (Phi) is 5.03. The molecular weight excluding hydrogens is 214 g/mol. The van der Waals surface area contributed by atoms with Crippen molar-refractivity contribution in [2.24, 2.45) is 0 Å². The molecule has 0 aromatic carbocycles. The van der Waals surface area contributed by atoms with Crippen molar-refractivity contribution in [3.05, 3.63) is 21.3 Å². The fourth-order valence-electron chi connectivity index (χ4n) is 1.30. The Morgan fingerprint density at radius 2 is 2.43 bits per heavy atom. The summed E-state index contributed by atoms with van der Waals surface area (Å²) in [6, 6.07) is 2.28. The highest BCUT2D eigenvalue weighted by molar-refractivity contribution is 7.10. The van der Waals surface area contributed by atoms with Crippen LogP contribution in [-0.4, -0.2) is 7.05 Å². The zero-order valence-corrected chi connectivity index (χ0v) is 10.0. The molecule has 0 radical (unpaired) electrons. The first kappa shape index (κ1) is 11.6. The van der Waals surface area contributed by atoms with Crippen LogP contribution in [0.4, 0.5) is 0 Å². The lowest BCUT2D eigenvalue weighted by Gasteiger charge is -2.13. The maximum absolute atomic E-state index is 6.06. The second-order valence-corrected chi connectivity index (χ2v) is 4.29. The standard InChI is InChI=1S/C11H14ClNS/c1-3-4-5-6-10(13-2)11-9(12)7-8-14-11/h7-8,10,13H,5-6H2,1-2H3. The second kappa shape index (κ2) is 6.08. The molecule has 1 nitrogen and oxygen atoms in total. The molecule has 1 aromatic heterocycles. The van der Waals surface area contributed by atoms with Crippen LogP contribution >= 0.6 is 22.9 Å². The van der Waals surface area contributed by atoms with E-state index in [1.54, 1.807) is 11.3 Å². The number of thiophene rings is 1. The van der Waals surface area contributed by atoms with Crippen LogP contribution in [0.2, 0.25) is 5.02 Å². The highest BCUT2D eigenvalue weighted by Crippen LogP contribution is 2.30. The van der Waals surface area contributed by atoms with Crippen LogP contribution in [0.25, 0.3) is 0 Å². The van der Waals surface area contributed by atoms with Crippen molar-refractivity contribution in [3.63, 3.8) is 0 Å². The van der Waals surface area contributed by atoms with Crippen molar-refractivity contribution in [2.45, 2.75) is 25.8 Å². The van der Waals surface area contributed by atoms with Crippen molar-refractivity contribution >= 4 is 22.9 Å². The third kappa shape index (κ3) is 3.02. The van der Waals surface area contributed by atoms with E-state index < -0.39 is 0 Å². The molecule has 0 aliphatic rings. The van der Waals surface area contributed by atoms with E-state index in [1.165, 1.54) is 4.88 Å². The third-order valence-corrected chi connectivity index (χ3v) is 3.52. The first-order valence-electron chi connectivity index (χ1n) is 4.59. The molecule has 0 amide bonds. The number of hydrogen-bond donors (Lipinski definition) is 1. The molecule has 0 bridgehead atoms. The SMILES string of the molecule is CC#CCCC(NC)c1sccc1Cl. The number of rotatable bonds is 4. The molecule has 1 unspecified atom stereocenters. The van der Waals surface area contributed by atoms with E-state index in [0.717, 1.165) is 17.9 Å². The van der Waals surface area contributed by atoms with Gasteiger partial charge in [0.1, 0.15) is 0 Å². The zero-order valence-electron chi connectivity index (χ0n) is 8.43. The van der Waals surface area contributed by atoms with Gasteiger partial charge in [-0.25, -0.2) is 0 Å². The average Bonchev–Trinajstić information content (AvgIpc) is 2.60. The minimum atomic E-state index is 0.336. The average molecular weight is 228 g/mol. The van der Waals surface area contributed by atoms with Crippen LogP contribution < -0.4 is 5.32 Å². The van der Waals surface area contributed by atoms with Crippen molar-refractivity contribution in [1.82, 2.24) is 5.32 Å². The Morgan fingerprint density at radius 1 is 1.64 bits per heavy atom. The highest BCUT2D eigenvalue weighted by atomic mass is 35.5. The van der Waals surface area contributed by atoms with Crippen molar-refractivity contribution < 1.29 is 0 Å². The summed E-state index contributed by atoms with van der Waals surface area (Å²) in [5, 5.41) is 6.14. The smallest absolute Gasteiger partial charge is 0.0561 e. The maximum Gasteiger partial charge on any atom is 0.0561 e. The normalized spacial score (nSPS) is 11.9. The molecule has 0 aliphatic carbocycles. The van der Waals surface area contributed by atoms with Gasteiger partial charge in [0.15, 0.2) is 0 Å². The molecule has 1 rings (SSSR count). The highest BCUT2D eigenvalue weighted by Gasteiger charge is 2.12. The monoisotopic (exact) mass is 227 g/mol. The van der Waals surface area contributed by atoms with Crippen LogP contribution in [0.3, 0.4) is 0 Å². The Balaban J connectivity index is 2.61. The molecule has 1 heterocycles. The van der Waals surface area contributed by atoms with Gasteiger partial charge >= 0.3 is 0 Å². The molecule has 76 valence electrons. The van der Waals surface area contributed by atoms with Gasteiger partial charge in [0.2, 0.25) is 0 Å².